The molecule has 0 aromatic heterocycles. The van der Waals surface area contributed by atoms with Gasteiger partial charge in [-0.2, -0.15) is 0 Å². The van der Waals surface area contributed by atoms with E-state index in [4.69, 9.17) is 0 Å². The van der Waals surface area contributed by atoms with Gasteiger partial charge in [0.05, 0.1) is 6.54 Å². The molecule has 0 radical (unpaired) electrons. The fourth-order valence-corrected chi connectivity index (χ4v) is 1.28. The summed E-state index contributed by atoms with van der Waals surface area (Å²) in [6.45, 7) is 7.97. The number of nitrogens with one attached hydrogen (secondary N) is 1. The summed E-state index contributed by atoms with van der Waals surface area (Å²) in [4.78, 5) is 13.5. The maximum atomic E-state index is 11.7. The average molecular weight is 212 g/mol. The van der Waals surface area contributed by atoms with Gasteiger partial charge >= 0.3 is 0 Å². The molecule has 1 saturated carbocycles. The van der Waals surface area contributed by atoms with Crippen LogP contribution in [0.4, 0.5) is 0 Å². The number of hydrogen-bond acceptors (Lipinski definition) is 2. The summed E-state index contributed by atoms with van der Waals surface area (Å²) in [5, 5.41) is 3.24. The number of amides is 1. The van der Waals surface area contributed by atoms with Crippen LogP contribution in [-0.2, 0) is 4.79 Å². The van der Waals surface area contributed by atoms with Crippen LogP contribution < -0.4 is 5.32 Å². The Morgan fingerprint density at radius 1 is 1.40 bits per heavy atom. The van der Waals surface area contributed by atoms with Crippen molar-refractivity contribution in [2.75, 3.05) is 20.1 Å². The molecule has 0 saturated heterocycles. The largest absolute Gasteiger partial charge is 0.345 e. The molecule has 1 N–H and O–H groups in total. The lowest BCUT2D eigenvalue weighted by Crippen LogP contribution is -2.37. The normalized spacial score (nSPS) is 16.5. The van der Waals surface area contributed by atoms with Crippen LogP contribution in [0.25, 0.3) is 0 Å². The molecular weight excluding hydrogens is 188 g/mol. The molecule has 1 aliphatic carbocycles. The Bertz CT molecular complexity index is 216. The minimum absolute atomic E-state index is 0.214. The smallest absolute Gasteiger partial charge is 0.236 e. The Kier molecular flexibility index (Phi) is 4.14. The van der Waals surface area contributed by atoms with Crippen LogP contribution in [0, 0.1) is 5.41 Å². The molecule has 0 aromatic carbocycles. The van der Waals surface area contributed by atoms with Gasteiger partial charge in [-0.15, -0.1) is 0 Å². The van der Waals surface area contributed by atoms with Gasteiger partial charge < -0.3 is 10.2 Å². The van der Waals surface area contributed by atoms with E-state index in [0.717, 1.165) is 13.0 Å². The van der Waals surface area contributed by atoms with E-state index in [1.54, 1.807) is 0 Å². The van der Waals surface area contributed by atoms with Gasteiger partial charge in [-0.25, -0.2) is 0 Å². The minimum atomic E-state index is 0.214. The predicted octanol–water partition coefficient (Wildman–Crippen LogP) is 1.63. The predicted molar refractivity (Wildman–Crippen MR) is 62.7 cm³/mol. The highest BCUT2D eigenvalue weighted by molar-refractivity contribution is 5.78. The molecule has 88 valence electrons. The molecule has 0 aromatic rings. The third-order valence-corrected chi connectivity index (χ3v) is 2.74. The van der Waals surface area contributed by atoms with E-state index in [0.29, 0.717) is 18.0 Å². The highest BCUT2D eigenvalue weighted by atomic mass is 16.2. The van der Waals surface area contributed by atoms with Crippen LogP contribution in [0.3, 0.4) is 0 Å². The minimum Gasteiger partial charge on any atom is -0.345 e. The lowest BCUT2D eigenvalue weighted by molar-refractivity contribution is -0.129. The van der Waals surface area contributed by atoms with E-state index in [1.807, 2.05) is 11.9 Å². The Morgan fingerprint density at radius 3 is 2.47 bits per heavy atom. The van der Waals surface area contributed by atoms with Crippen molar-refractivity contribution in [3.05, 3.63) is 0 Å². The Labute approximate surface area is 93.2 Å². The second kappa shape index (κ2) is 4.97. The summed E-state index contributed by atoms with van der Waals surface area (Å²) >= 11 is 0. The number of nitrogens with zero attached hydrogens (tertiary/aromatic N) is 1. The van der Waals surface area contributed by atoms with Crippen molar-refractivity contribution in [1.29, 1.82) is 0 Å². The molecule has 0 spiro atoms. The molecule has 1 aliphatic rings. The lowest BCUT2D eigenvalue weighted by Gasteiger charge is -2.23. The van der Waals surface area contributed by atoms with Gasteiger partial charge in [0.2, 0.25) is 5.91 Å². The van der Waals surface area contributed by atoms with E-state index in [1.165, 1.54) is 12.8 Å². The van der Waals surface area contributed by atoms with Gasteiger partial charge in [-0.05, 0) is 24.7 Å². The number of hydrogen-bond donors (Lipinski definition) is 1. The van der Waals surface area contributed by atoms with Crippen molar-refractivity contribution in [3.8, 4) is 0 Å². The first-order valence-corrected chi connectivity index (χ1v) is 5.86. The van der Waals surface area contributed by atoms with Gasteiger partial charge in [0.15, 0.2) is 0 Å². The summed E-state index contributed by atoms with van der Waals surface area (Å²) in [5.74, 6) is 0.214. The third-order valence-electron chi connectivity index (χ3n) is 2.74. The van der Waals surface area contributed by atoms with E-state index in [2.05, 4.69) is 26.1 Å². The maximum absolute atomic E-state index is 11.7. The first-order valence-electron chi connectivity index (χ1n) is 5.86. The zero-order valence-electron chi connectivity index (χ0n) is 10.5. The van der Waals surface area contributed by atoms with Crippen LogP contribution in [0.2, 0.25) is 0 Å². The van der Waals surface area contributed by atoms with Crippen molar-refractivity contribution in [2.24, 2.45) is 5.41 Å². The molecule has 0 unspecified atom stereocenters. The Morgan fingerprint density at radius 2 is 2.00 bits per heavy atom. The van der Waals surface area contributed by atoms with Crippen LogP contribution in [-0.4, -0.2) is 37.0 Å². The molecule has 3 nitrogen and oxygen atoms in total. The van der Waals surface area contributed by atoms with Gasteiger partial charge in [0, 0.05) is 19.6 Å². The summed E-state index contributed by atoms with van der Waals surface area (Å²) in [6.07, 6.45) is 3.52. The second-order valence-corrected chi connectivity index (χ2v) is 5.78. The number of carbonyl (C=O) groups excluding carboxylic acids is 1. The van der Waals surface area contributed by atoms with Crippen molar-refractivity contribution < 1.29 is 4.79 Å². The van der Waals surface area contributed by atoms with Crippen molar-refractivity contribution >= 4 is 5.91 Å². The number of carbonyl (C=O) groups is 1. The van der Waals surface area contributed by atoms with Crippen molar-refractivity contribution in [3.63, 3.8) is 0 Å². The molecular formula is C12H24N2O. The monoisotopic (exact) mass is 212 g/mol. The molecule has 0 atom stereocenters. The summed E-state index contributed by atoms with van der Waals surface area (Å²) in [5.41, 5.74) is 0.304. The summed E-state index contributed by atoms with van der Waals surface area (Å²) < 4.78 is 0. The van der Waals surface area contributed by atoms with Crippen LogP contribution in [0.1, 0.15) is 40.0 Å². The molecule has 1 rings (SSSR count). The molecule has 0 aliphatic heterocycles. The fourth-order valence-electron chi connectivity index (χ4n) is 1.28. The Hall–Kier alpha value is -0.570. The topological polar surface area (TPSA) is 32.3 Å². The van der Waals surface area contributed by atoms with E-state index >= 15 is 0 Å². The SMILES string of the molecule is CN(CCC(C)(C)C)C(=O)CNC1CC1. The third kappa shape index (κ3) is 5.78. The molecule has 0 heterocycles. The summed E-state index contributed by atoms with van der Waals surface area (Å²) in [7, 11) is 1.89. The van der Waals surface area contributed by atoms with E-state index in [9.17, 15) is 4.79 Å². The lowest BCUT2D eigenvalue weighted by atomic mass is 9.92. The molecule has 0 bridgehead atoms. The zero-order chi connectivity index (χ0) is 11.5. The second-order valence-electron chi connectivity index (χ2n) is 5.78. The number of likely N-dealkylation sites (N-methyl/N-ethyl adjacent to an activating group) is 1. The molecule has 3 heteroatoms. The van der Waals surface area contributed by atoms with E-state index < -0.39 is 0 Å². The first kappa shape index (κ1) is 12.5. The van der Waals surface area contributed by atoms with Gasteiger partial charge in [-0.1, -0.05) is 20.8 Å². The van der Waals surface area contributed by atoms with Gasteiger partial charge in [-0.3, -0.25) is 4.79 Å². The van der Waals surface area contributed by atoms with Gasteiger partial charge in [0.1, 0.15) is 0 Å². The maximum Gasteiger partial charge on any atom is 0.236 e. The molecule has 1 fully saturated rings. The standard InChI is InChI=1S/C12H24N2O/c1-12(2,3)7-8-14(4)11(15)9-13-10-5-6-10/h10,13H,5-9H2,1-4H3. The van der Waals surface area contributed by atoms with Crippen LogP contribution >= 0.6 is 0 Å². The number of rotatable bonds is 5. The van der Waals surface area contributed by atoms with Crippen LogP contribution in [0.15, 0.2) is 0 Å². The summed E-state index contributed by atoms with van der Waals surface area (Å²) in [6, 6.07) is 0.616. The zero-order valence-corrected chi connectivity index (χ0v) is 10.5. The van der Waals surface area contributed by atoms with Crippen LogP contribution in [0.5, 0.6) is 0 Å². The molecule has 1 amide bonds. The first-order chi connectivity index (χ1) is 6.88. The van der Waals surface area contributed by atoms with Gasteiger partial charge in [0.25, 0.3) is 0 Å². The average Bonchev–Trinajstić information content (AvgIpc) is 2.92. The van der Waals surface area contributed by atoms with E-state index in [-0.39, 0.29) is 5.91 Å². The molecule has 15 heavy (non-hydrogen) atoms. The fraction of sp³-hybridized carbons (Fsp3) is 0.917. The highest BCUT2D eigenvalue weighted by Crippen LogP contribution is 2.19. The van der Waals surface area contributed by atoms with Crippen molar-refractivity contribution in [2.45, 2.75) is 46.1 Å². The highest BCUT2D eigenvalue weighted by Gasteiger charge is 2.22. The van der Waals surface area contributed by atoms with Crippen molar-refractivity contribution in [1.82, 2.24) is 10.2 Å². The quantitative estimate of drug-likeness (QED) is 0.751. The Balaban J connectivity index is 2.13.